The van der Waals surface area contributed by atoms with Gasteiger partial charge < -0.3 is 15.6 Å². The smallest absolute Gasteiger partial charge is 0.256 e. The molecule has 0 aliphatic rings. The highest BCUT2D eigenvalue weighted by atomic mass is 16.2. The first-order chi connectivity index (χ1) is 8.18. The lowest BCUT2D eigenvalue weighted by Crippen LogP contribution is -2.27. The molecule has 0 saturated heterocycles. The molecule has 1 aromatic heterocycles. The predicted molar refractivity (Wildman–Crippen MR) is 65.2 cm³/mol. The van der Waals surface area contributed by atoms with Crippen LogP contribution in [0.2, 0.25) is 0 Å². The zero-order valence-corrected chi connectivity index (χ0v) is 9.55. The Morgan fingerprint density at radius 1 is 1.47 bits per heavy atom. The summed E-state index contributed by atoms with van der Waals surface area (Å²) in [4.78, 5) is 20.7. The first-order valence-electron chi connectivity index (χ1n) is 5.26. The number of hydrogen-bond acceptors (Lipinski definition) is 3. The summed E-state index contributed by atoms with van der Waals surface area (Å²) in [6.07, 6.45) is 3.38. The highest BCUT2D eigenvalue weighted by Gasteiger charge is 2.14. The number of anilines is 1. The monoisotopic (exact) mass is 230 g/mol. The molecule has 88 valence electrons. The third-order valence-electron chi connectivity index (χ3n) is 2.48. The molecule has 0 aliphatic heterocycles. The van der Waals surface area contributed by atoms with Gasteiger partial charge in [0.05, 0.1) is 12.1 Å². The summed E-state index contributed by atoms with van der Waals surface area (Å²) in [5, 5.41) is 0. The molecule has 0 atom stereocenters. The van der Waals surface area contributed by atoms with Gasteiger partial charge in [0.15, 0.2) is 0 Å². The van der Waals surface area contributed by atoms with Gasteiger partial charge in [-0.3, -0.25) is 4.79 Å². The molecule has 0 aliphatic carbocycles. The Labute approximate surface area is 99.3 Å². The number of carbonyl (C=O) groups is 1. The van der Waals surface area contributed by atoms with Crippen LogP contribution in [-0.4, -0.2) is 27.8 Å². The number of nitrogens with one attached hydrogen (secondary N) is 1. The van der Waals surface area contributed by atoms with Crippen LogP contribution in [0.4, 0.5) is 5.69 Å². The molecule has 0 bridgehead atoms. The van der Waals surface area contributed by atoms with E-state index in [0.717, 1.165) is 5.82 Å². The summed E-state index contributed by atoms with van der Waals surface area (Å²) >= 11 is 0. The molecule has 5 nitrogen and oxygen atoms in total. The number of nitrogens with zero attached hydrogens (tertiary/aromatic N) is 2. The number of rotatable bonds is 3. The van der Waals surface area contributed by atoms with Gasteiger partial charge >= 0.3 is 0 Å². The van der Waals surface area contributed by atoms with E-state index < -0.39 is 0 Å². The molecule has 1 heterocycles. The second-order valence-electron chi connectivity index (χ2n) is 3.78. The SMILES string of the molecule is CN(Cc1ncc[nH]1)C(=O)c1ccccc1N. The van der Waals surface area contributed by atoms with Crippen molar-refractivity contribution in [2.24, 2.45) is 0 Å². The number of nitrogen functional groups attached to an aromatic ring is 1. The van der Waals surface area contributed by atoms with E-state index in [1.54, 1.807) is 48.6 Å². The molecule has 0 spiro atoms. The predicted octanol–water partition coefficient (Wildman–Crippen LogP) is 1.26. The molecule has 17 heavy (non-hydrogen) atoms. The Kier molecular flexibility index (Phi) is 3.09. The summed E-state index contributed by atoms with van der Waals surface area (Å²) in [6, 6.07) is 7.03. The summed E-state index contributed by atoms with van der Waals surface area (Å²) in [5.41, 5.74) is 6.77. The first-order valence-corrected chi connectivity index (χ1v) is 5.26. The van der Waals surface area contributed by atoms with Crippen LogP contribution in [-0.2, 0) is 6.54 Å². The number of H-pyrrole nitrogens is 1. The van der Waals surface area contributed by atoms with Crippen LogP contribution in [0.15, 0.2) is 36.7 Å². The molecule has 0 unspecified atom stereocenters. The highest BCUT2D eigenvalue weighted by Crippen LogP contribution is 2.13. The molecule has 3 N–H and O–H groups in total. The van der Waals surface area contributed by atoms with E-state index in [-0.39, 0.29) is 5.91 Å². The fourth-order valence-corrected chi connectivity index (χ4v) is 1.58. The lowest BCUT2D eigenvalue weighted by Gasteiger charge is -2.16. The van der Waals surface area contributed by atoms with Crippen LogP contribution in [0.5, 0.6) is 0 Å². The van der Waals surface area contributed by atoms with E-state index in [2.05, 4.69) is 9.97 Å². The van der Waals surface area contributed by atoms with Gasteiger partial charge in [-0.25, -0.2) is 4.98 Å². The molecule has 2 aromatic rings. The van der Waals surface area contributed by atoms with Crippen LogP contribution < -0.4 is 5.73 Å². The number of amides is 1. The summed E-state index contributed by atoms with van der Waals surface area (Å²) in [6.45, 7) is 0.431. The van der Waals surface area contributed by atoms with Gasteiger partial charge in [0.1, 0.15) is 5.82 Å². The maximum atomic E-state index is 12.1. The Morgan fingerprint density at radius 3 is 2.88 bits per heavy atom. The lowest BCUT2D eigenvalue weighted by molar-refractivity contribution is 0.0783. The van der Waals surface area contributed by atoms with Crippen molar-refractivity contribution in [3.05, 3.63) is 48.0 Å². The minimum Gasteiger partial charge on any atom is -0.398 e. The van der Waals surface area contributed by atoms with Crippen LogP contribution in [0.1, 0.15) is 16.2 Å². The normalized spacial score (nSPS) is 10.2. The fourth-order valence-electron chi connectivity index (χ4n) is 1.58. The standard InChI is InChI=1S/C12H14N4O/c1-16(8-11-14-6-7-15-11)12(17)9-4-2-3-5-10(9)13/h2-7H,8,13H2,1H3,(H,14,15). The molecule has 5 heteroatoms. The topological polar surface area (TPSA) is 75.0 Å². The van der Waals surface area contributed by atoms with Gasteiger partial charge in [-0.15, -0.1) is 0 Å². The van der Waals surface area contributed by atoms with Crippen molar-refractivity contribution >= 4 is 11.6 Å². The van der Waals surface area contributed by atoms with Gasteiger partial charge in [-0.2, -0.15) is 0 Å². The summed E-state index contributed by atoms with van der Waals surface area (Å²) in [5.74, 6) is 0.634. The molecule has 1 amide bonds. The van der Waals surface area contributed by atoms with E-state index in [1.165, 1.54) is 0 Å². The Bertz CT molecular complexity index is 507. The van der Waals surface area contributed by atoms with Crippen LogP contribution >= 0.6 is 0 Å². The quantitative estimate of drug-likeness (QED) is 0.779. The third kappa shape index (κ3) is 2.44. The van der Waals surface area contributed by atoms with Crippen LogP contribution in [0.3, 0.4) is 0 Å². The minimum atomic E-state index is -0.112. The Morgan fingerprint density at radius 2 is 2.24 bits per heavy atom. The molecule has 0 fully saturated rings. The number of carbonyl (C=O) groups excluding carboxylic acids is 1. The van der Waals surface area contributed by atoms with Gasteiger partial charge in [-0.1, -0.05) is 12.1 Å². The molecule has 2 rings (SSSR count). The second kappa shape index (κ2) is 4.69. The Hall–Kier alpha value is -2.30. The van der Waals surface area contributed by atoms with E-state index in [0.29, 0.717) is 17.8 Å². The zero-order chi connectivity index (χ0) is 12.3. The van der Waals surface area contributed by atoms with Crippen molar-refractivity contribution in [3.63, 3.8) is 0 Å². The number of aromatic amines is 1. The maximum absolute atomic E-state index is 12.1. The number of benzene rings is 1. The fraction of sp³-hybridized carbons (Fsp3) is 0.167. The van der Waals surface area contributed by atoms with Crippen LogP contribution in [0.25, 0.3) is 0 Å². The number of nitrogens with two attached hydrogens (primary N) is 1. The number of para-hydroxylation sites is 1. The van der Waals surface area contributed by atoms with Crippen molar-refractivity contribution in [2.75, 3.05) is 12.8 Å². The zero-order valence-electron chi connectivity index (χ0n) is 9.55. The molecule has 0 saturated carbocycles. The summed E-state index contributed by atoms with van der Waals surface area (Å²) in [7, 11) is 1.72. The lowest BCUT2D eigenvalue weighted by atomic mass is 10.1. The largest absolute Gasteiger partial charge is 0.398 e. The minimum absolute atomic E-state index is 0.112. The van der Waals surface area contributed by atoms with Crippen molar-refractivity contribution in [3.8, 4) is 0 Å². The molecular weight excluding hydrogens is 216 g/mol. The van der Waals surface area contributed by atoms with Gasteiger partial charge in [-0.05, 0) is 12.1 Å². The summed E-state index contributed by atoms with van der Waals surface area (Å²) < 4.78 is 0. The molecule has 1 aromatic carbocycles. The Balaban J connectivity index is 2.13. The van der Waals surface area contributed by atoms with E-state index in [1.807, 2.05) is 0 Å². The average Bonchev–Trinajstić information content (AvgIpc) is 2.81. The van der Waals surface area contributed by atoms with Crippen LogP contribution in [0, 0.1) is 0 Å². The van der Waals surface area contributed by atoms with Gasteiger partial charge in [0, 0.05) is 25.1 Å². The van der Waals surface area contributed by atoms with Crippen molar-refractivity contribution in [1.29, 1.82) is 0 Å². The number of aromatic nitrogens is 2. The molecular formula is C12H14N4O. The van der Waals surface area contributed by atoms with Gasteiger partial charge in [0.25, 0.3) is 5.91 Å². The maximum Gasteiger partial charge on any atom is 0.256 e. The van der Waals surface area contributed by atoms with E-state index in [4.69, 9.17) is 5.73 Å². The van der Waals surface area contributed by atoms with E-state index in [9.17, 15) is 4.79 Å². The molecule has 0 radical (unpaired) electrons. The van der Waals surface area contributed by atoms with Crippen molar-refractivity contribution < 1.29 is 4.79 Å². The second-order valence-corrected chi connectivity index (χ2v) is 3.78. The number of hydrogen-bond donors (Lipinski definition) is 2. The van der Waals surface area contributed by atoms with Crippen molar-refractivity contribution in [1.82, 2.24) is 14.9 Å². The number of imidazole rings is 1. The average molecular weight is 230 g/mol. The van der Waals surface area contributed by atoms with E-state index >= 15 is 0 Å². The first kappa shape index (κ1) is 11.2. The van der Waals surface area contributed by atoms with Gasteiger partial charge in [0.2, 0.25) is 0 Å². The highest BCUT2D eigenvalue weighted by molar-refractivity contribution is 5.98. The third-order valence-corrected chi connectivity index (χ3v) is 2.48. The van der Waals surface area contributed by atoms with Crippen molar-refractivity contribution in [2.45, 2.75) is 6.54 Å².